The molecule has 0 radical (unpaired) electrons. The van der Waals surface area contributed by atoms with E-state index in [2.05, 4.69) is 30.2 Å². The Balaban J connectivity index is 0.00000304. The largest absolute Gasteiger partial charge is 0.502 e. The van der Waals surface area contributed by atoms with Gasteiger partial charge in [-0.2, -0.15) is 9.97 Å². The van der Waals surface area contributed by atoms with Gasteiger partial charge in [0.25, 0.3) is 0 Å². The van der Waals surface area contributed by atoms with Crippen LogP contribution in [0.1, 0.15) is 13.1 Å². The molecular formula is C25H25N7O4. The summed E-state index contributed by atoms with van der Waals surface area (Å²) >= 11 is 0. The number of hydrogen-bond donors (Lipinski definition) is 2. The molecule has 0 unspecified atom stereocenters. The van der Waals surface area contributed by atoms with Crippen LogP contribution in [0.2, 0.25) is 0 Å². The number of nitrogens with zero attached hydrogens (tertiary/aromatic N) is 6. The van der Waals surface area contributed by atoms with Crippen molar-refractivity contribution >= 4 is 22.7 Å². The zero-order valence-corrected chi connectivity index (χ0v) is 18.9. The summed E-state index contributed by atoms with van der Waals surface area (Å²) in [5.41, 5.74) is 2.81. The van der Waals surface area contributed by atoms with E-state index < -0.39 is 0 Å². The van der Waals surface area contributed by atoms with Gasteiger partial charge >= 0.3 is 6.01 Å². The van der Waals surface area contributed by atoms with E-state index in [0.717, 1.165) is 16.7 Å². The average Bonchev–Trinajstić information content (AvgIpc) is 3.27. The van der Waals surface area contributed by atoms with Crippen molar-refractivity contribution in [3.8, 4) is 29.2 Å². The molecule has 0 aliphatic rings. The average molecular weight is 488 g/mol. The van der Waals surface area contributed by atoms with Crippen LogP contribution in [0.3, 0.4) is 0 Å². The van der Waals surface area contributed by atoms with Gasteiger partial charge in [0.1, 0.15) is 12.9 Å². The zero-order chi connectivity index (χ0) is 24.2. The number of hydrogen-bond acceptors (Lipinski definition) is 10. The van der Waals surface area contributed by atoms with Crippen LogP contribution >= 0.6 is 0 Å². The highest BCUT2D eigenvalue weighted by atomic mass is 16.5. The molecule has 0 spiro atoms. The van der Waals surface area contributed by atoms with Crippen LogP contribution in [0.25, 0.3) is 17.0 Å². The summed E-state index contributed by atoms with van der Waals surface area (Å²) in [5.74, 6) is 0.957. The Morgan fingerprint density at radius 1 is 0.917 bits per heavy atom. The highest BCUT2D eigenvalue weighted by Gasteiger charge is 2.18. The Labute approximate surface area is 207 Å². The molecule has 184 valence electrons. The first-order chi connectivity index (χ1) is 17.2. The molecule has 0 saturated heterocycles. The third-order valence-electron chi connectivity index (χ3n) is 5.10. The molecule has 36 heavy (non-hydrogen) atoms. The second kappa shape index (κ2) is 10.6. The van der Waals surface area contributed by atoms with Gasteiger partial charge in [-0.05, 0) is 24.3 Å². The third-order valence-corrected chi connectivity index (χ3v) is 5.10. The Hall–Kier alpha value is -4.93. The van der Waals surface area contributed by atoms with Crippen molar-refractivity contribution < 1.29 is 19.3 Å². The molecular weight excluding hydrogens is 462 g/mol. The fourth-order valence-corrected chi connectivity index (χ4v) is 3.47. The molecule has 3 heterocycles. The van der Waals surface area contributed by atoms with E-state index in [-0.39, 0.29) is 37.2 Å². The summed E-state index contributed by atoms with van der Waals surface area (Å²) in [4.78, 5) is 22.0. The quantitative estimate of drug-likeness (QED) is 0.306. The minimum Gasteiger partial charge on any atom is -0.502 e. The fraction of sp³-hybridized carbons (Fsp3) is 0.160. The number of benzene rings is 2. The topological polar surface area (TPSA) is 129 Å². The van der Waals surface area contributed by atoms with Crippen molar-refractivity contribution in [3.63, 3.8) is 0 Å². The number of anilines is 2. The lowest BCUT2D eigenvalue weighted by molar-refractivity contribution is 0.272. The molecule has 0 saturated carbocycles. The first kappa shape index (κ1) is 24.2. The summed E-state index contributed by atoms with van der Waals surface area (Å²) < 4.78 is 18.2. The minimum atomic E-state index is -0.100. The van der Waals surface area contributed by atoms with Gasteiger partial charge in [0.15, 0.2) is 11.5 Å². The Bertz CT molecular complexity index is 1450. The first-order valence-electron chi connectivity index (χ1n) is 10.6. The molecule has 2 N–H and O–H groups in total. The van der Waals surface area contributed by atoms with E-state index in [9.17, 15) is 5.11 Å². The fourth-order valence-electron chi connectivity index (χ4n) is 3.47. The van der Waals surface area contributed by atoms with Gasteiger partial charge in [0.2, 0.25) is 17.6 Å². The molecule has 0 atom stereocenters. The number of rotatable bonds is 8. The van der Waals surface area contributed by atoms with Crippen molar-refractivity contribution in [1.29, 1.82) is 0 Å². The molecule has 2 aromatic carbocycles. The Morgan fingerprint density at radius 2 is 1.67 bits per heavy atom. The lowest BCUT2D eigenvalue weighted by Crippen LogP contribution is -2.09. The van der Waals surface area contributed by atoms with Crippen LogP contribution in [0.4, 0.5) is 11.6 Å². The molecule has 0 aliphatic heterocycles. The molecule has 0 bridgehead atoms. The number of imidazole rings is 1. The number of nitrogens with one attached hydrogen (secondary N) is 1. The molecule has 11 heteroatoms. The number of aromatic hydroxyl groups is 1. The second-order valence-electron chi connectivity index (χ2n) is 7.29. The predicted octanol–water partition coefficient (Wildman–Crippen LogP) is 4.29. The van der Waals surface area contributed by atoms with E-state index in [1.54, 1.807) is 22.9 Å². The van der Waals surface area contributed by atoms with Crippen LogP contribution < -0.4 is 19.5 Å². The van der Waals surface area contributed by atoms with E-state index in [0.29, 0.717) is 17.6 Å². The van der Waals surface area contributed by atoms with Crippen LogP contribution in [0.15, 0.2) is 67.1 Å². The van der Waals surface area contributed by atoms with Gasteiger partial charge in [0, 0.05) is 24.0 Å². The maximum atomic E-state index is 10.2. The van der Waals surface area contributed by atoms with Crippen molar-refractivity contribution in [3.05, 3.63) is 72.8 Å². The molecule has 0 fully saturated rings. The van der Waals surface area contributed by atoms with Gasteiger partial charge < -0.3 is 24.6 Å². The van der Waals surface area contributed by atoms with Gasteiger partial charge in [-0.1, -0.05) is 25.6 Å². The van der Waals surface area contributed by atoms with E-state index in [1.165, 1.54) is 20.5 Å². The molecule has 0 aliphatic carbocycles. The lowest BCUT2D eigenvalue weighted by atomic mass is 10.2. The minimum absolute atomic E-state index is 0. The van der Waals surface area contributed by atoms with Gasteiger partial charge in [-0.3, -0.25) is 4.98 Å². The molecule has 5 rings (SSSR count). The van der Waals surface area contributed by atoms with Gasteiger partial charge in [0.05, 0.1) is 30.9 Å². The highest BCUT2D eigenvalue weighted by molar-refractivity contribution is 5.78. The molecule has 3 aromatic heterocycles. The standard InChI is InChI=1S/C24H21N7O4.CH4/c1-33-19-11-16(12-20(34-2)21(19)32)28-22-26-14-27-23(30-22)31-18-9-4-3-8-17(18)29-24(31)35-13-15-7-5-6-10-25-15;/h3-12,14,32H,13H2,1-2H3,(H,26,27,28,30);1H4. The number of phenols is 1. The second-order valence-corrected chi connectivity index (χ2v) is 7.29. The summed E-state index contributed by atoms with van der Waals surface area (Å²) in [6, 6.07) is 16.7. The van der Waals surface area contributed by atoms with E-state index in [1.807, 2.05) is 42.5 Å². The maximum absolute atomic E-state index is 10.2. The van der Waals surface area contributed by atoms with Crippen molar-refractivity contribution in [2.24, 2.45) is 0 Å². The molecule has 11 nitrogen and oxygen atoms in total. The lowest BCUT2D eigenvalue weighted by Gasteiger charge is -2.13. The third kappa shape index (κ3) is 4.80. The van der Waals surface area contributed by atoms with E-state index >= 15 is 0 Å². The summed E-state index contributed by atoms with van der Waals surface area (Å²) in [6.07, 6.45) is 3.09. The van der Waals surface area contributed by atoms with Crippen molar-refractivity contribution in [2.75, 3.05) is 19.5 Å². The number of fused-ring (bicyclic) bond motifs is 1. The number of methoxy groups -OCH3 is 2. The van der Waals surface area contributed by atoms with Crippen LogP contribution in [0.5, 0.6) is 23.3 Å². The highest BCUT2D eigenvalue weighted by Crippen LogP contribution is 2.39. The van der Waals surface area contributed by atoms with Crippen LogP contribution in [-0.4, -0.2) is 48.8 Å². The van der Waals surface area contributed by atoms with Crippen molar-refractivity contribution in [2.45, 2.75) is 14.0 Å². The number of para-hydroxylation sites is 2. The van der Waals surface area contributed by atoms with E-state index in [4.69, 9.17) is 14.2 Å². The van der Waals surface area contributed by atoms with Crippen LogP contribution in [-0.2, 0) is 6.61 Å². The summed E-state index contributed by atoms with van der Waals surface area (Å²) in [7, 11) is 2.91. The van der Waals surface area contributed by atoms with Crippen LogP contribution in [0, 0.1) is 0 Å². The first-order valence-corrected chi connectivity index (χ1v) is 10.6. The SMILES string of the molecule is C.COc1cc(Nc2ncnc(-n3c(OCc4ccccn4)nc4ccccc43)n2)cc(OC)c1O. The summed E-state index contributed by atoms with van der Waals surface area (Å²) in [6.45, 7) is 0.230. The van der Waals surface area contributed by atoms with Crippen molar-refractivity contribution in [1.82, 2.24) is 29.5 Å². The number of ether oxygens (including phenoxy) is 3. The predicted molar refractivity (Wildman–Crippen MR) is 134 cm³/mol. The number of phenolic OH excluding ortho intramolecular Hbond substituents is 1. The smallest absolute Gasteiger partial charge is 0.304 e. The van der Waals surface area contributed by atoms with Gasteiger partial charge in [-0.25, -0.2) is 14.5 Å². The number of aromatic nitrogens is 6. The summed E-state index contributed by atoms with van der Waals surface area (Å²) in [5, 5.41) is 13.3. The monoisotopic (exact) mass is 487 g/mol. The normalized spacial score (nSPS) is 10.5. The molecule has 0 amide bonds. The maximum Gasteiger partial charge on any atom is 0.304 e. The number of pyridine rings is 1. The Kier molecular flexibility index (Phi) is 7.10. The zero-order valence-electron chi connectivity index (χ0n) is 18.9. The van der Waals surface area contributed by atoms with Gasteiger partial charge in [-0.15, -0.1) is 0 Å². The Morgan fingerprint density at radius 3 is 2.39 bits per heavy atom. The molecule has 5 aromatic rings.